The molecule has 2 N–H and O–H groups in total. The van der Waals surface area contributed by atoms with Gasteiger partial charge in [0.2, 0.25) is 0 Å². The molecule has 0 saturated heterocycles. The van der Waals surface area contributed by atoms with Crippen molar-refractivity contribution in [1.82, 2.24) is 5.32 Å². The monoisotopic (exact) mass is 333 g/mol. The zero-order valence-electron chi connectivity index (χ0n) is 11.1. The third-order valence-corrected chi connectivity index (χ3v) is 3.98. The number of benzene rings is 2. The second kappa shape index (κ2) is 6.68. The van der Waals surface area contributed by atoms with Crippen LogP contribution in [-0.4, -0.2) is 11.1 Å². The summed E-state index contributed by atoms with van der Waals surface area (Å²) in [7, 11) is 0. The van der Waals surface area contributed by atoms with E-state index in [1.807, 2.05) is 55.5 Å². The van der Waals surface area contributed by atoms with Crippen LogP contribution in [0.5, 0.6) is 0 Å². The third-order valence-electron chi connectivity index (χ3n) is 3.13. The SMILES string of the molecule is Cc1ccc(C(NCc2ccccc2)C(=O)O)cc1Br. The van der Waals surface area contributed by atoms with Crippen molar-refractivity contribution in [3.05, 3.63) is 69.7 Å². The summed E-state index contributed by atoms with van der Waals surface area (Å²) in [6.07, 6.45) is 0. The highest BCUT2D eigenvalue weighted by Gasteiger charge is 2.19. The summed E-state index contributed by atoms with van der Waals surface area (Å²) < 4.78 is 0.919. The molecule has 0 spiro atoms. The smallest absolute Gasteiger partial charge is 0.325 e. The molecule has 2 aromatic carbocycles. The maximum atomic E-state index is 11.4. The topological polar surface area (TPSA) is 49.3 Å². The molecule has 3 nitrogen and oxygen atoms in total. The molecule has 0 aromatic heterocycles. The Labute approximate surface area is 126 Å². The molecule has 0 heterocycles. The highest BCUT2D eigenvalue weighted by molar-refractivity contribution is 9.10. The fourth-order valence-electron chi connectivity index (χ4n) is 1.95. The van der Waals surface area contributed by atoms with Crippen LogP contribution < -0.4 is 5.32 Å². The van der Waals surface area contributed by atoms with Crippen LogP contribution in [0, 0.1) is 6.92 Å². The average Bonchev–Trinajstić information content (AvgIpc) is 2.43. The lowest BCUT2D eigenvalue weighted by Gasteiger charge is -2.16. The van der Waals surface area contributed by atoms with Gasteiger partial charge in [-0.15, -0.1) is 0 Å². The van der Waals surface area contributed by atoms with Gasteiger partial charge in [-0.3, -0.25) is 10.1 Å². The first-order valence-electron chi connectivity index (χ1n) is 6.34. The molecule has 0 radical (unpaired) electrons. The number of aliphatic carboxylic acids is 1. The molecule has 4 heteroatoms. The van der Waals surface area contributed by atoms with Crippen LogP contribution in [0.1, 0.15) is 22.7 Å². The summed E-state index contributed by atoms with van der Waals surface area (Å²) in [5, 5.41) is 12.5. The first-order valence-corrected chi connectivity index (χ1v) is 7.13. The van der Waals surface area contributed by atoms with Crippen molar-refractivity contribution in [1.29, 1.82) is 0 Å². The molecule has 1 atom stereocenters. The second-order valence-electron chi connectivity index (χ2n) is 4.65. The van der Waals surface area contributed by atoms with Crippen molar-refractivity contribution >= 4 is 21.9 Å². The highest BCUT2D eigenvalue weighted by atomic mass is 79.9. The molecule has 0 bridgehead atoms. The molecule has 0 aliphatic heterocycles. The predicted molar refractivity (Wildman–Crippen MR) is 82.5 cm³/mol. The van der Waals surface area contributed by atoms with E-state index in [-0.39, 0.29) is 0 Å². The van der Waals surface area contributed by atoms with Gasteiger partial charge in [0.25, 0.3) is 0 Å². The van der Waals surface area contributed by atoms with E-state index in [0.717, 1.165) is 21.2 Å². The molecule has 0 aliphatic carbocycles. The molecule has 104 valence electrons. The van der Waals surface area contributed by atoms with Crippen LogP contribution in [0.15, 0.2) is 53.0 Å². The summed E-state index contributed by atoms with van der Waals surface area (Å²) in [6.45, 7) is 2.49. The third kappa shape index (κ3) is 3.68. The summed E-state index contributed by atoms with van der Waals surface area (Å²) >= 11 is 3.44. The Morgan fingerprint density at radius 1 is 1.25 bits per heavy atom. The summed E-state index contributed by atoms with van der Waals surface area (Å²) in [5.74, 6) is -0.878. The first-order chi connectivity index (χ1) is 9.58. The standard InChI is InChI=1S/C16H16BrNO2/c1-11-7-8-13(9-14(11)17)15(16(19)20)18-10-12-5-3-2-4-6-12/h2-9,15,18H,10H2,1H3,(H,19,20). The Balaban J connectivity index is 2.15. The van der Waals surface area contributed by atoms with Gasteiger partial charge in [0.15, 0.2) is 0 Å². The number of carboxylic acid groups (broad SMARTS) is 1. The number of rotatable bonds is 5. The summed E-state index contributed by atoms with van der Waals surface area (Å²) in [5.41, 5.74) is 2.89. The highest BCUT2D eigenvalue weighted by Crippen LogP contribution is 2.22. The molecule has 2 rings (SSSR count). The summed E-state index contributed by atoms with van der Waals surface area (Å²) in [4.78, 5) is 11.4. The van der Waals surface area contributed by atoms with Gasteiger partial charge in [0.1, 0.15) is 6.04 Å². The van der Waals surface area contributed by atoms with Crippen LogP contribution in [0.4, 0.5) is 0 Å². The lowest BCUT2D eigenvalue weighted by atomic mass is 10.0. The predicted octanol–water partition coefficient (Wildman–Crippen LogP) is 3.67. The van der Waals surface area contributed by atoms with Crippen molar-refractivity contribution in [3.8, 4) is 0 Å². The Morgan fingerprint density at radius 2 is 1.95 bits per heavy atom. The van der Waals surface area contributed by atoms with Crippen LogP contribution in [0.3, 0.4) is 0 Å². The normalized spacial score (nSPS) is 12.1. The van der Waals surface area contributed by atoms with Crippen LogP contribution in [-0.2, 0) is 11.3 Å². The van der Waals surface area contributed by atoms with E-state index in [0.29, 0.717) is 6.54 Å². The molecule has 0 amide bonds. The van der Waals surface area contributed by atoms with Crippen LogP contribution in [0.2, 0.25) is 0 Å². The van der Waals surface area contributed by atoms with Crippen molar-refractivity contribution in [2.45, 2.75) is 19.5 Å². The lowest BCUT2D eigenvalue weighted by Crippen LogP contribution is -2.28. The minimum absolute atomic E-state index is 0.517. The minimum Gasteiger partial charge on any atom is -0.480 e. The van der Waals surface area contributed by atoms with Crippen LogP contribution >= 0.6 is 15.9 Å². The number of carbonyl (C=O) groups is 1. The van der Waals surface area contributed by atoms with Crippen LogP contribution in [0.25, 0.3) is 0 Å². The molecular formula is C16H16BrNO2. The fourth-order valence-corrected chi connectivity index (χ4v) is 2.35. The molecule has 20 heavy (non-hydrogen) atoms. The van der Waals surface area contributed by atoms with Gasteiger partial charge in [0, 0.05) is 11.0 Å². The van der Waals surface area contributed by atoms with E-state index >= 15 is 0 Å². The van der Waals surface area contributed by atoms with Crippen molar-refractivity contribution in [2.24, 2.45) is 0 Å². The first kappa shape index (κ1) is 14.8. The molecule has 0 fully saturated rings. The number of carboxylic acids is 1. The maximum absolute atomic E-state index is 11.4. The fraction of sp³-hybridized carbons (Fsp3) is 0.188. The van der Waals surface area contributed by atoms with Gasteiger partial charge in [-0.1, -0.05) is 58.4 Å². The largest absolute Gasteiger partial charge is 0.480 e. The molecule has 1 unspecified atom stereocenters. The second-order valence-corrected chi connectivity index (χ2v) is 5.50. The number of halogens is 1. The maximum Gasteiger partial charge on any atom is 0.325 e. The Bertz CT molecular complexity index is 599. The van der Waals surface area contributed by atoms with Crippen molar-refractivity contribution in [3.63, 3.8) is 0 Å². The van der Waals surface area contributed by atoms with E-state index in [9.17, 15) is 9.90 Å². The molecule has 2 aromatic rings. The Hall–Kier alpha value is -1.65. The molecule has 0 saturated carbocycles. The Kier molecular flexibility index (Phi) is 4.93. The van der Waals surface area contributed by atoms with Gasteiger partial charge in [0.05, 0.1) is 0 Å². The molecule has 0 aliphatic rings. The van der Waals surface area contributed by atoms with Gasteiger partial charge in [-0.05, 0) is 29.7 Å². The van der Waals surface area contributed by atoms with E-state index in [4.69, 9.17) is 0 Å². The van der Waals surface area contributed by atoms with Gasteiger partial charge >= 0.3 is 5.97 Å². The average molecular weight is 334 g/mol. The number of aryl methyl sites for hydroxylation is 1. The van der Waals surface area contributed by atoms with Gasteiger partial charge in [-0.25, -0.2) is 0 Å². The van der Waals surface area contributed by atoms with E-state index < -0.39 is 12.0 Å². The van der Waals surface area contributed by atoms with Gasteiger partial charge in [-0.2, -0.15) is 0 Å². The molecular weight excluding hydrogens is 318 g/mol. The minimum atomic E-state index is -0.878. The van der Waals surface area contributed by atoms with Crippen molar-refractivity contribution in [2.75, 3.05) is 0 Å². The number of hydrogen-bond acceptors (Lipinski definition) is 2. The number of hydrogen-bond donors (Lipinski definition) is 2. The summed E-state index contributed by atoms with van der Waals surface area (Å²) in [6, 6.07) is 14.7. The zero-order valence-corrected chi connectivity index (χ0v) is 12.7. The quantitative estimate of drug-likeness (QED) is 0.877. The van der Waals surface area contributed by atoms with E-state index in [1.54, 1.807) is 0 Å². The van der Waals surface area contributed by atoms with E-state index in [2.05, 4.69) is 21.2 Å². The van der Waals surface area contributed by atoms with E-state index in [1.165, 1.54) is 0 Å². The lowest BCUT2D eigenvalue weighted by molar-refractivity contribution is -0.139. The number of nitrogens with one attached hydrogen (secondary N) is 1. The Morgan fingerprint density at radius 3 is 2.55 bits per heavy atom. The van der Waals surface area contributed by atoms with Crippen molar-refractivity contribution < 1.29 is 9.90 Å². The van der Waals surface area contributed by atoms with Gasteiger partial charge < -0.3 is 5.11 Å². The zero-order chi connectivity index (χ0) is 14.5.